The van der Waals surface area contributed by atoms with Gasteiger partial charge in [-0.1, -0.05) is 29.8 Å². The van der Waals surface area contributed by atoms with Crippen molar-refractivity contribution in [2.45, 2.75) is 6.92 Å². The summed E-state index contributed by atoms with van der Waals surface area (Å²) in [6.45, 7) is 1.85. The average molecular weight is 338 g/mol. The van der Waals surface area contributed by atoms with Crippen LogP contribution in [0.25, 0.3) is 0 Å². The van der Waals surface area contributed by atoms with Gasteiger partial charge in [-0.25, -0.2) is 4.57 Å². The molecule has 2 aromatic rings. The molecule has 2 rings (SSSR count). The minimum absolute atomic E-state index is 0.0755. The molecule has 0 aromatic heterocycles. The fourth-order valence-corrected chi connectivity index (χ4v) is 2.28. The first-order valence-electron chi connectivity index (χ1n) is 6.33. The highest BCUT2D eigenvalue weighted by Gasteiger charge is 2.25. The molecule has 8 nitrogen and oxygen atoms in total. The Morgan fingerprint density at radius 2 is 1.74 bits per heavy atom. The van der Waals surface area contributed by atoms with Crippen molar-refractivity contribution >= 4 is 19.3 Å². The van der Waals surface area contributed by atoms with E-state index in [0.717, 1.165) is 17.7 Å². The largest absolute Gasteiger partial charge is 0.524 e. The van der Waals surface area contributed by atoms with Gasteiger partial charge in [-0.2, -0.15) is 0 Å². The van der Waals surface area contributed by atoms with E-state index in [9.17, 15) is 19.4 Å². The Hall–Kier alpha value is -2.54. The van der Waals surface area contributed by atoms with Gasteiger partial charge in [0.15, 0.2) is 11.5 Å². The normalized spacial score (nSPS) is 11.1. The maximum absolute atomic E-state index is 12.4. The van der Waals surface area contributed by atoms with Crippen molar-refractivity contribution in [1.29, 1.82) is 0 Å². The third kappa shape index (κ3) is 4.01. The van der Waals surface area contributed by atoms with Gasteiger partial charge in [-0.3, -0.25) is 14.6 Å². The molecule has 9 heteroatoms. The maximum Gasteiger partial charge on any atom is 0.524 e. The fraction of sp³-hybridized carbons (Fsp3) is 0.0714. The van der Waals surface area contributed by atoms with Crippen LogP contribution in [0.4, 0.5) is 5.69 Å². The number of carbonyl (C=O) groups is 1. The van der Waals surface area contributed by atoms with E-state index in [0.29, 0.717) is 5.56 Å². The molecule has 0 atom stereocenters. The molecule has 0 radical (unpaired) electrons. The lowest BCUT2D eigenvalue weighted by molar-refractivity contribution is -0.380. The average Bonchev–Trinajstić information content (AvgIpc) is 2.48. The summed E-state index contributed by atoms with van der Waals surface area (Å²) >= 11 is 0. The molecule has 4 N–H and O–H groups in total. The second-order valence-electron chi connectivity index (χ2n) is 4.75. The summed E-state index contributed by atoms with van der Waals surface area (Å²) < 4.78 is 15.2. The van der Waals surface area contributed by atoms with Crippen molar-refractivity contribution in [3.8, 4) is 11.5 Å². The number of hydrogen-bond donors (Lipinski definition) is 4. The van der Waals surface area contributed by atoms with Crippen molar-refractivity contribution in [3.05, 3.63) is 58.0 Å². The number of ketones is 1. The molecule has 2 aromatic carbocycles. The molecule has 0 heterocycles. The predicted molar refractivity (Wildman–Crippen MR) is 79.4 cm³/mol. The van der Waals surface area contributed by atoms with Crippen LogP contribution in [-0.4, -0.2) is 20.7 Å². The topological polar surface area (TPSA) is 135 Å². The van der Waals surface area contributed by atoms with Gasteiger partial charge in [0.05, 0.1) is 0 Å². The SMILES string of the molecule is Cc1ccc(C(=O)c2cc([NH+]=O)c(O)c(OP(=O)(O)O)c2)cc1. The predicted octanol–water partition coefficient (Wildman–Crippen LogP) is 0.882. The van der Waals surface area contributed by atoms with E-state index in [1.165, 1.54) is 5.18 Å². The highest BCUT2D eigenvalue weighted by atomic mass is 31.2. The minimum Gasteiger partial charge on any atom is -0.500 e. The Bertz CT molecular complexity index is 811. The highest BCUT2D eigenvalue weighted by molar-refractivity contribution is 7.46. The number of nitroso groups, excluding NO2 is 1. The van der Waals surface area contributed by atoms with Gasteiger partial charge in [0.25, 0.3) is 5.69 Å². The third-order valence-corrected chi connectivity index (χ3v) is 3.41. The molecule has 0 spiro atoms. The maximum atomic E-state index is 12.4. The van der Waals surface area contributed by atoms with Crippen LogP contribution in [0, 0.1) is 11.8 Å². The number of carbonyl (C=O) groups excluding carboxylic acids is 1. The summed E-state index contributed by atoms with van der Waals surface area (Å²) in [5.41, 5.74) is 0.736. The lowest BCUT2D eigenvalue weighted by Gasteiger charge is -2.09. The first-order valence-corrected chi connectivity index (χ1v) is 7.86. The lowest BCUT2D eigenvalue weighted by Crippen LogP contribution is -2.55. The summed E-state index contributed by atoms with van der Waals surface area (Å²) in [6.07, 6.45) is 0. The Kier molecular flexibility index (Phi) is 4.60. The Morgan fingerprint density at radius 1 is 1.13 bits per heavy atom. The zero-order valence-corrected chi connectivity index (χ0v) is 12.8. The first kappa shape index (κ1) is 16.8. The second-order valence-corrected chi connectivity index (χ2v) is 5.91. The van der Waals surface area contributed by atoms with Crippen molar-refractivity contribution in [3.63, 3.8) is 0 Å². The van der Waals surface area contributed by atoms with E-state index in [4.69, 9.17) is 9.79 Å². The van der Waals surface area contributed by atoms with Crippen LogP contribution in [0.2, 0.25) is 0 Å². The number of hydrogen-bond acceptors (Lipinski definition) is 5. The lowest BCUT2D eigenvalue weighted by atomic mass is 10.0. The molecule has 0 fully saturated rings. The molecule has 0 aliphatic rings. The number of benzene rings is 2. The molecule has 23 heavy (non-hydrogen) atoms. The molecule has 0 unspecified atom stereocenters. The second kappa shape index (κ2) is 6.29. The van der Waals surface area contributed by atoms with Crippen molar-refractivity contribution in [1.82, 2.24) is 0 Å². The third-order valence-electron chi connectivity index (χ3n) is 2.98. The van der Waals surface area contributed by atoms with Crippen LogP contribution < -0.4 is 9.70 Å². The summed E-state index contributed by atoms with van der Waals surface area (Å²) in [6, 6.07) is 8.59. The van der Waals surface area contributed by atoms with Crippen LogP contribution in [0.3, 0.4) is 0 Å². The summed E-state index contributed by atoms with van der Waals surface area (Å²) in [5.74, 6) is -1.98. The zero-order chi connectivity index (χ0) is 17.2. The Balaban J connectivity index is 2.51. The van der Waals surface area contributed by atoms with Crippen molar-refractivity contribution in [2.24, 2.45) is 0 Å². The minimum atomic E-state index is -4.97. The number of aryl methyl sites for hydroxylation is 1. The van der Waals surface area contributed by atoms with E-state index in [2.05, 4.69) is 4.52 Å². The van der Waals surface area contributed by atoms with Gasteiger partial charge in [0.2, 0.25) is 5.75 Å². The monoisotopic (exact) mass is 338 g/mol. The van der Waals surface area contributed by atoms with Gasteiger partial charge in [0.1, 0.15) is 0 Å². The van der Waals surface area contributed by atoms with Crippen molar-refractivity contribution in [2.75, 3.05) is 0 Å². The molecule has 0 saturated carbocycles. The number of nitrogens with one attached hydrogen (secondary N) is 1. The Labute approximate surface area is 130 Å². The zero-order valence-electron chi connectivity index (χ0n) is 11.9. The quantitative estimate of drug-likeness (QED) is 0.361. The van der Waals surface area contributed by atoms with E-state index >= 15 is 0 Å². The highest BCUT2D eigenvalue weighted by Crippen LogP contribution is 2.44. The number of phosphoric acid groups is 1. The molecule has 0 saturated heterocycles. The van der Waals surface area contributed by atoms with E-state index in [1.54, 1.807) is 24.3 Å². The Morgan fingerprint density at radius 3 is 2.26 bits per heavy atom. The number of phenols is 1. The summed E-state index contributed by atoms with van der Waals surface area (Å²) in [4.78, 5) is 40.9. The van der Waals surface area contributed by atoms with E-state index in [1.807, 2.05) is 6.92 Å². The molecule has 0 amide bonds. The fourth-order valence-electron chi connectivity index (χ4n) is 1.89. The van der Waals surface area contributed by atoms with Gasteiger partial charge >= 0.3 is 7.82 Å². The molecule has 0 aliphatic heterocycles. The molecule has 0 aliphatic carbocycles. The number of phosphoric ester groups is 1. The van der Waals surface area contributed by atoms with Gasteiger partial charge < -0.3 is 9.63 Å². The van der Waals surface area contributed by atoms with Crippen LogP contribution in [0.1, 0.15) is 21.5 Å². The van der Waals surface area contributed by atoms with Crippen LogP contribution >= 0.6 is 7.82 Å². The number of phenolic OH excluding ortho intramolecular Hbond substituents is 1. The number of aromatic hydroxyl groups is 1. The van der Waals surface area contributed by atoms with Gasteiger partial charge in [-0.15, -0.1) is 0 Å². The van der Waals surface area contributed by atoms with Crippen molar-refractivity contribution < 1.29 is 34.0 Å². The molecular formula is C14H13NO7P+. The molecular weight excluding hydrogens is 325 g/mol. The molecule has 0 bridgehead atoms. The number of rotatable bonds is 5. The van der Waals surface area contributed by atoms with Crippen LogP contribution in [0.5, 0.6) is 11.5 Å². The van der Waals surface area contributed by atoms with Crippen LogP contribution in [-0.2, 0) is 4.57 Å². The van der Waals surface area contributed by atoms with Gasteiger partial charge in [0, 0.05) is 27.3 Å². The first-order chi connectivity index (χ1) is 10.7. The smallest absolute Gasteiger partial charge is 0.500 e. The summed E-state index contributed by atoms with van der Waals surface area (Å²) in [7, 11) is -4.97. The van der Waals surface area contributed by atoms with E-state index < -0.39 is 30.8 Å². The van der Waals surface area contributed by atoms with Gasteiger partial charge in [-0.05, 0) is 13.0 Å². The van der Waals surface area contributed by atoms with Crippen LogP contribution in [0.15, 0.2) is 36.4 Å². The molecule has 120 valence electrons. The van der Waals surface area contributed by atoms with E-state index in [-0.39, 0.29) is 5.56 Å². The summed E-state index contributed by atoms with van der Waals surface area (Å²) in [5, 5.41) is 11.1. The standard InChI is InChI=1S/C14H12NO7P/c1-8-2-4-9(5-3-8)13(16)10-6-11(15-18)14(17)12(7-10)22-23(19,20)21/h2-7,17H,1H3,(H2,19,20,21)/p+1.